The number of rotatable bonds is 0. The molecule has 64 valence electrons. The van der Waals surface area contributed by atoms with Crippen LogP contribution in [0.3, 0.4) is 0 Å². The molecule has 0 radical (unpaired) electrons. The fraction of sp³-hybridized carbons (Fsp3) is 0.200. The smallest absolute Gasteiger partial charge is 0.251 e. The van der Waals surface area contributed by atoms with E-state index in [1.165, 1.54) is 0 Å². The number of carbonyl (C=O) groups excluding carboxylic acids is 1. The highest BCUT2D eigenvalue weighted by atomic mass is 16.1. The average molecular weight is 172 g/mol. The van der Waals surface area contributed by atoms with Gasteiger partial charge in [-0.05, 0) is 30.2 Å². The van der Waals surface area contributed by atoms with E-state index in [4.69, 9.17) is 5.26 Å². The molecule has 1 aromatic rings. The Kier molecular flexibility index (Phi) is 1.75. The Balaban J connectivity index is 2.53. The van der Waals surface area contributed by atoms with Gasteiger partial charge in [0, 0.05) is 12.1 Å². The number of nitrogens with zero attached hydrogens (tertiary/aromatic N) is 1. The second kappa shape index (κ2) is 2.91. The predicted octanol–water partition coefficient (Wildman–Crippen LogP) is 0.844. The third kappa shape index (κ3) is 1.27. The first-order chi connectivity index (χ1) is 6.31. The summed E-state index contributed by atoms with van der Waals surface area (Å²) in [5.74, 6) is -0.0364. The van der Waals surface area contributed by atoms with Crippen molar-refractivity contribution in [2.75, 3.05) is 6.54 Å². The lowest BCUT2D eigenvalue weighted by molar-refractivity contribution is 0.0946. The van der Waals surface area contributed by atoms with Crippen molar-refractivity contribution in [2.45, 2.75) is 6.42 Å². The Morgan fingerprint density at radius 2 is 2.31 bits per heavy atom. The zero-order valence-electron chi connectivity index (χ0n) is 7.00. The van der Waals surface area contributed by atoms with E-state index in [2.05, 4.69) is 11.4 Å². The zero-order chi connectivity index (χ0) is 9.26. The number of fused-ring (bicyclic) bond motifs is 1. The number of hydrogen-bond acceptors (Lipinski definition) is 2. The molecule has 0 fully saturated rings. The largest absolute Gasteiger partial charge is 0.352 e. The first kappa shape index (κ1) is 7.81. The third-order valence-electron chi connectivity index (χ3n) is 2.16. The Morgan fingerprint density at radius 1 is 1.46 bits per heavy atom. The van der Waals surface area contributed by atoms with E-state index >= 15 is 0 Å². The zero-order valence-corrected chi connectivity index (χ0v) is 7.00. The summed E-state index contributed by atoms with van der Waals surface area (Å²) in [5, 5.41) is 11.4. The van der Waals surface area contributed by atoms with Gasteiger partial charge in [-0.3, -0.25) is 4.79 Å². The van der Waals surface area contributed by atoms with E-state index < -0.39 is 0 Å². The highest BCUT2D eigenvalue weighted by Crippen LogP contribution is 2.15. The Labute approximate surface area is 76.0 Å². The van der Waals surface area contributed by atoms with Crippen molar-refractivity contribution in [3.63, 3.8) is 0 Å². The van der Waals surface area contributed by atoms with Crippen LogP contribution in [-0.4, -0.2) is 12.5 Å². The van der Waals surface area contributed by atoms with E-state index in [1.54, 1.807) is 18.2 Å². The minimum atomic E-state index is -0.0364. The fourth-order valence-corrected chi connectivity index (χ4v) is 1.50. The molecule has 2 rings (SSSR count). The van der Waals surface area contributed by atoms with Crippen LogP contribution in [0, 0.1) is 11.3 Å². The SMILES string of the molecule is N#Cc1ccc2c(c1)CCNC2=O. The molecule has 0 atom stereocenters. The van der Waals surface area contributed by atoms with Gasteiger partial charge in [0.2, 0.25) is 0 Å². The third-order valence-corrected chi connectivity index (χ3v) is 2.16. The molecule has 1 aliphatic heterocycles. The lowest BCUT2D eigenvalue weighted by atomic mass is 9.98. The molecule has 1 amide bonds. The Bertz CT molecular complexity index is 404. The van der Waals surface area contributed by atoms with Crippen LogP contribution in [0.2, 0.25) is 0 Å². The summed E-state index contributed by atoms with van der Waals surface area (Å²) < 4.78 is 0. The highest BCUT2D eigenvalue weighted by Gasteiger charge is 2.15. The Morgan fingerprint density at radius 3 is 3.08 bits per heavy atom. The number of nitrogens with one attached hydrogen (secondary N) is 1. The maximum absolute atomic E-state index is 11.3. The number of benzene rings is 1. The lowest BCUT2D eigenvalue weighted by Gasteiger charge is -2.15. The number of amides is 1. The van der Waals surface area contributed by atoms with Crippen molar-refractivity contribution in [1.29, 1.82) is 5.26 Å². The molecule has 1 heterocycles. The van der Waals surface area contributed by atoms with E-state index in [1.807, 2.05) is 0 Å². The molecule has 0 bridgehead atoms. The van der Waals surface area contributed by atoms with Crippen molar-refractivity contribution in [2.24, 2.45) is 0 Å². The van der Waals surface area contributed by atoms with E-state index in [-0.39, 0.29) is 5.91 Å². The van der Waals surface area contributed by atoms with Crippen LogP contribution < -0.4 is 5.32 Å². The molecule has 3 heteroatoms. The molecule has 13 heavy (non-hydrogen) atoms. The summed E-state index contributed by atoms with van der Waals surface area (Å²) in [6.07, 6.45) is 0.816. The number of hydrogen-bond donors (Lipinski definition) is 1. The molecule has 0 saturated carbocycles. The summed E-state index contributed by atoms with van der Waals surface area (Å²) >= 11 is 0. The van der Waals surface area contributed by atoms with Crippen LogP contribution in [0.5, 0.6) is 0 Å². The summed E-state index contributed by atoms with van der Waals surface area (Å²) in [4.78, 5) is 11.3. The van der Waals surface area contributed by atoms with Gasteiger partial charge in [0.05, 0.1) is 11.6 Å². The summed E-state index contributed by atoms with van der Waals surface area (Å²) in [5.41, 5.74) is 2.29. The van der Waals surface area contributed by atoms with Crippen molar-refractivity contribution in [3.8, 4) is 6.07 Å². The lowest BCUT2D eigenvalue weighted by Crippen LogP contribution is -2.31. The molecular weight excluding hydrogens is 164 g/mol. The van der Waals surface area contributed by atoms with Crippen LogP contribution in [0.25, 0.3) is 0 Å². The quantitative estimate of drug-likeness (QED) is 0.630. The van der Waals surface area contributed by atoms with E-state index in [9.17, 15) is 4.79 Å². The highest BCUT2D eigenvalue weighted by molar-refractivity contribution is 5.96. The molecule has 0 aromatic heterocycles. The topological polar surface area (TPSA) is 52.9 Å². The van der Waals surface area contributed by atoms with Gasteiger partial charge in [-0.1, -0.05) is 0 Å². The normalized spacial score (nSPS) is 14.2. The van der Waals surface area contributed by atoms with Crippen molar-refractivity contribution >= 4 is 5.91 Å². The molecule has 1 aliphatic rings. The number of carbonyl (C=O) groups is 1. The fourth-order valence-electron chi connectivity index (χ4n) is 1.50. The average Bonchev–Trinajstić information content (AvgIpc) is 2.18. The van der Waals surface area contributed by atoms with Gasteiger partial charge < -0.3 is 5.32 Å². The molecular formula is C10H8N2O. The van der Waals surface area contributed by atoms with Gasteiger partial charge >= 0.3 is 0 Å². The first-order valence-corrected chi connectivity index (χ1v) is 4.12. The van der Waals surface area contributed by atoms with Gasteiger partial charge in [0.15, 0.2) is 0 Å². The van der Waals surface area contributed by atoms with Crippen molar-refractivity contribution in [3.05, 3.63) is 34.9 Å². The van der Waals surface area contributed by atoms with Gasteiger partial charge in [-0.25, -0.2) is 0 Å². The summed E-state index contributed by atoms with van der Waals surface area (Å²) in [6.45, 7) is 0.667. The maximum Gasteiger partial charge on any atom is 0.251 e. The standard InChI is InChI=1S/C10H8N2O/c11-6-7-1-2-9-8(5-7)3-4-12-10(9)13/h1-2,5H,3-4H2,(H,12,13). The minimum absolute atomic E-state index is 0.0364. The molecule has 0 saturated heterocycles. The predicted molar refractivity (Wildman–Crippen MR) is 47.2 cm³/mol. The minimum Gasteiger partial charge on any atom is -0.352 e. The van der Waals surface area contributed by atoms with Crippen LogP contribution >= 0.6 is 0 Å². The Hall–Kier alpha value is -1.82. The molecule has 0 aliphatic carbocycles. The second-order valence-electron chi connectivity index (χ2n) is 2.99. The number of nitriles is 1. The van der Waals surface area contributed by atoms with Crippen LogP contribution in [-0.2, 0) is 6.42 Å². The molecule has 1 N–H and O–H groups in total. The molecule has 1 aromatic carbocycles. The van der Waals surface area contributed by atoms with Crippen molar-refractivity contribution < 1.29 is 4.79 Å². The van der Waals surface area contributed by atoms with E-state index in [0.29, 0.717) is 17.7 Å². The van der Waals surface area contributed by atoms with E-state index in [0.717, 1.165) is 12.0 Å². The van der Waals surface area contributed by atoms with Gasteiger partial charge in [-0.2, -0.15) is 5.26 Å². The van der Waals surface area contributed by atoms with Crippen LogP contribution in [0.1, 0.15) is 21.5 Å². The summed E-state index contributed by atoms with van der Waals surface area (Å²) in [7, 11) is 0. The van der Waals surface area contributed by atoms with Crippen molar-refractivity contribution in [1.82, 2.24) is 5.32 Å². The summed E-state index contributed by atoms with van der Waals surface area (Å²) in [6, 6.07) is 7.23. The van der Waals surface area contributed by atoms with Crippen LogP contribution in [0.4, 0.5) is 0 Å². The van der Waals surface area contributed by atoms with Crippen LogP contribution in [0.15, 0.2) is 18.2 Å². The molecule has 3 nitrogen and oxygen atoms in total. The van der Waals surface area contributed by atoms with Gasteiger partial charge in [0.25, 0.3) is 5.91 Å². The second-order valence-corrected chi connectivity index (χ2v) is 2.99. The van der Waals surface area contributed by atoms with Gasteiger partial charge in [-0.15, -0.1) is 0 Å². The molecule has 0 spiro atoms. The monoisotopic (exact) mass is 172 g/mol. The van der Waals surface area contributed by atoms with Gasteiger partial charge in [0.1, 0.15) is 0 Å². The first-order valence-electron chi connectivity index (χ1n) is 4.12. The molecule has 0 unspecified atom stereocenters. The maximum atomic E-state index is 11.3.